The van der Waals surface area contributed by atoms with Crippen LogP contribution >= 0.6 is 24.8 Å². The zero-order valence-corrected chi connectivity index (χ0v) is 16.6. The highest BCUT2D eigenvalue weighted by molar-refractivity contribution is 6.04. The number of ether oxygens (including phenoxy) is 1. The molecule has 0 saturated carbocycles. The summed E-state index contributed by atoms with van der Waals surface area (Å²) in [5.74, 6) is 0.975. The molecule has 0 bridgehead atoms. The van der Waals surface area contributed by atoms with Crippen LogP contribution in [0.25, 0.3) is 0 Å². The number of amides is 1. The summed E-state index contributed by atoms with van der Waals surface area (Å²) in [7, 11) is 0. The first-order valence-electron chi connectivity index (χ1n) is 8.10. The van der Waals surface area contributed by atoms with Gasteiger partial charge < -0.3 is 20.7 Å². The number of rotatable bonds is 8. The van der Waals surface area contributed by atoms with E-state index < -0.39 is 0 Å². The number of likely N-dealkylation sites (N-methyl/N-ethyl adjacent to an activating group) is 1. The van der Waals surface area contributed by atoms with Crippen LogP contribution in [0, 0.1) is 0 Å². The zero-order valence-electron chi connectivity index (χ0n) is 15.0. The maximum absolute atomic E-state index is 12.2. The van der Waals surface area contributed by atoms with Gasteiger partial charge in [-0.25, -0.2) is 4.98 Å². The number of nitrogen functional groups attached to an aromatic ring is 1. The molecule has 0 atom stereocenters. The van der Waals surface area contributed by atoms with Crippen molar-refractivity contribution in [3.05, 3.63) is 48.2 Å². The Morgan fingerprint density at radius 3 is 2.31 bits per heavy atom. The molecule has 6 nitrogen and oxygen atoms in total. The van der Waals surface area contributed by atoms with Gasteiger partial charge in [-0.1, -0.05) is 13.8 Å². The van der Waals surface area contributed by atoms with E-state index >= 15 is 0 Å². The molecule has 1 heterocycles. The van der Waals surface area contributed by atoms with E-state index in [2.05, 4.69) is 29.0 Å². The molecule has 0 aliphatic carbocycles. The molecule has 2 rings (SSSR count). The van der Waals surface area contributed by atoms with Crippen molar-refractivity contribution in [2.45, 2.75) is 13.8 Å². The molecule has 0 aliphatic heterocycles. The standard InChI is InChI=1S/C18H24N4O2.2ClH/c1-3-22(4-2)11-12-24-16-8-5-14(6-9-16)18(23)21-15-7-10-17(19)20-13-15;;/h5-10,13H,3-4,11-12H2,1-2H3,(H2,19,20)(H,21,23);2*1H. The lowest BCUT2D eigenvalue weighted by Crippen LogP contribution is -2.27. The Kier molecular flexibility index (Phi) is 11.4. The van der Waals surface area contributed by atoms with Crippen molar-refractivity contribution >= 4 is 42.2 Å². The molecule has 8 heteroatoms. The van der Waals surface area contributed by atoms with Gasteiger partial charge in [-0.05, 0) is 49.5 Å². The van der Waals surface area contributed by atoms with Crippen molar-refractivity contribution in [2.24, 2.45) is 0 Å². The van der Waals surface area contributed by atoms with E-state index in [9.17, 15) is 4.79 Å². The number of carbonyl (C=O) groups excluding carboxylic acids is 1. The molecule has 1 aromatic carbocycles. The highest BCUT2D eigenvalue weighted by Crippen LogP contribution is 2.14. The Bertz CT molecular complexity index is 647. The third-order valence-electron chi connectivity index (χ3n) is 3.73. The number of nitrogens with two attached hydrogens (primary N) is 1. The van der Waals surface area contributed by atoms with Gasteiger partial charge in [0.05, 0.1) is 11.9 Å². The van der Waals surface area contributed by atoms with E-state index in [1.165, 1.54) is 6.20 Å². The second kappa shape index (κ2) is 12.4. The third kappa shape index (κ3) is 7.47. The predicted molar refractivity (Wildman–Crippen MR) is 111 cm³/mol. The van der Waals surface area contributed by atoms with Gasteiger partial charge in [-0.2, -0.15) is 0 Å². The maximum atomic E-state index is 12.2. The minimum Gasteiger partial charge on any atom is -0.492 e. The average Bonchev–Trinajstić information content (AvgIpc) is 2.61. The van der Waals surface area contributed by atoms with Crippen molar-refractivity contribution in [1.29, 1.82) is 0 Å². The summed E-state index contributed by atoms with van der Waals surface area (Å²) in [5, 5.41) is 2.77. The van der Waals surface area contributed by atoms with Crippen molar-refractivity contribution < 1.29 is 9.53 Å². The van der Waals surface area contributed by atoms with Crippen molar-refractivity contribution in [2.75, 3.05) is 37.3 Å². The summed E-state index contributed by atoms with van der Waals surface area (Å²) in [5.41, 5.74) is 6.68. The number of halogens is 2. The van der Waals surface area contributed by atoms with Gasteiger partial charge >= 0.3 is 0 Å². The summed E-state index contributed by atoms with van der Waals surface area (Å²) in [4.78, 5) is 18.4. The number of benzene rings is 1. The number of pyridine rings is 1. The second-order valence-corrected chi connectivity index (χ2v) is 5.33. The van der Waals surface area contributed by atoms with Gasteiger partial charge in [0, 0.05) is 12.1 Å². The van der Waals surface area contributed by atoms with E-state index in [4.69, 9.17) is 10.5 Å². The van der Waals surface area contributed by atoms with Gasteiger partial charge in [-0.15, -0.1) is 24.8 Å². The summed E-state index contributed by atoms with van der Waals surface area (Å²) < 4.78 is 5.71. The highest BCUT2D eigenvalue weighted by atomic mass is 35.5. The van der Waals surface area contributed by atoms with Crippen LogP contribution < -0.4 is 15.8 Å². The molecule has 0 saturated heterocycles. The number of hydrogen-bond donors (Lipinski definition) is 2. The lowest BCUT2D eigenvalue weighted by atomic mass is 10.2. The van der Waals surface area contributed by atoms with Crippen LogP contribution in [0.2, 0.25) is 0 Å². The molecule has 144 valence electrons. The summed E-state index contributed by atoms with van der Waals surface area (Å²) in [6.45, 7) is 7.81. The lowest BCUT2D eigenvalue weighted by molar-refractivity contribution is 0.102. The highest BCUT2D eigenvalue weighted by Gasteiger charge is 2.07. The van der Waals surface area contributed by atoms with E-state index in [-0.39, 0.29) is 30.7 Å². The van der Waals surface area contributed by atoms with Crippen LogP contribution in [0.4, 0.5) is 11.5 Å². The molecule has 2 aromatic rings. The number of aromatic nitrogens is 1. The van der Waals surface area contributed by atoms with Gasteiger partial charge in [-0.3, -0.25) is 4.79 Å². The van der Waals surface area contributed by atoms with Gasteiger partial charge in [0.15, 0.2) is 0 Å². The van der Waals surface area contributed by atoms with Crippen LogP contribution in [0.5, 0.6) is 5.75 Å². The first kappa shape index (κ1) is 24.0. The minimum absolute atomic E-state index is 0. The minimum atomic E-state index is -0.198. The molecule has 0 radical (unpaired) electrons. The summed E-state index contributed by atoms with van der Waals surface area (Å²) in [6, 6.07) is 10.4. The summed E-state index contributed by atoms with van der Waals surface area (Å²) >= 11 is 0. The topological polar surface area (TPSA) is 80.5 Å². The average molecular weight is 401 g/mol. The summed E-state index contributed by atoms with van der Waals surface area (Å²) in [6.07, 6.45) is 1.53. The van der Waals surface area contributed by atoms with Crippen LogP contribution in [0.15, 0.2) is 42.6 Å². The number of nitrogens with zero attached hydrogens (tertiary/aromatic N) is 2. The first-order chi connectivity index (χ1) is 11.6. The monoisotopic (exact) mass is 400 g/mol. The molecule has 0 unspecified atom stereocenters. The second-order valence-electron chi connectivity index (χ2n) is 5.33. The van der Waals surface area contributed by atoms with Crippen LogP contribution in [0.3, 0.4) is 0 Å². The molecule has 1 amide bonds. The fraction of sp³-hybridized carbons (Fsp3) is 0.333. The quantitative estimate of drug-likeness (QED) is 0.708. The van der Waals surface area contributed by atoms with Gasteiger partial charge in [0.2, 0.25) is 0 Å². The molecule has 26 heavy (non-hydrogen) atoms. The van der Waals surface area contributed by atoms with Crippen molar-refractivity contribution in [3.63, 3.8) is 0 Å². The first-order valence-corrected chi connectivity index (χ1v) is 8.10. The lowest BCUT2D eigenvalue weighted by Gasteiger charge is -2.18. The van der Waals surface area contributed by atoms with Crippen molar-refractivity contribution in [1.82, 2.24) is 9.88 Å². The van der Waals surface area contributed by atoms with Crippen LogP contribution in [-0.4, -0.2) is 42.0 Å². The molecular weight excluding hydrogens is 375 g/mol. The largest absolute Gasteiger partial charge is 0.492 e. The SMILES string of the molecule is CCN(CC)CCOc1ccc(C(=O)Nc2ccc(N)nc2)cc1.Cl.Cl. The number of carbonyl (C=O) groups is 1. The third-order valence-corrected chi connectivity index (χ3v) is 3.73. The molecule has 3 N–H and O–H groups in total. The Labute approximate surface area is 166 Å². The number of nitrogens with one attached hydrogen (secondary N) is 1. The van der Waals surface area contributed by atoms with Gasteiger partial charge in [0.25, 0.3) is 5.91 Å². The molecule has 0 fully saturated rings. The maximum Gasteiger partial charge on any atom is 0.255 e. The smallest absolute Gasteiger partial charge is 0.255 e. The number of hydrogen-bond acceptors (Lipinski definition) is 5. The molecule has 1 aromatic heterocycles. The van der Waals surface area contributed by atoms with Crippen LogP contribution in [0.1, 0.15) is 24.2 Å². The fourth-order valence-electron chi connectivity index (χ4n) is 2.22. The van der Waals surface area contributed by atoms with Crippen LogP contribution in [-0.2, 0) is 0 Å². The van der Waals surface area contributed by atoms with Gasteiger partial charge in [0.1, 0.15) is 18.2 Å². The van der Waals surface area contributed by atoms with E-state index in [0.717, 1.165) is 25.4 Å². The Balaban J connectivity index is 0.00000312. The molecular formula is C18H26Cl2N4O2. The normalized spacial score (nSPS) is 9.81. The fourth-order valence-corrected chi connectivity index (χ4v) is 2.22. The predicted octanol–water partition coefficient (Wildman–Crippen LogP) is 3.48. The zero-order chi connectivity index (χ0) is 17.4. The molecule has 0 aliphatic rings. The van der Waals surface area contributed by atoms with Crippen molar-refractivity contribution in [3.8, 4) is 5.75 Å². The van der Waals surface area contributed by atoms with E-state index in [0.29, 0.717) is 23.7 Å². The Morgan fingerprint density at radius 1 is 1.12 bits per heavy atom. The number of anilines is 2. The van der Waals surface area contributed by atoms with E-state index in [1.54, 1.807) is 36.4 Å². The Morgan fingerprint density at radius 2 is 1.77 bits per heavy atom. The Hall–Kier alpha value is -2.02. The van der Waals surface area contributed by atoms with E-state index in [1.807, 2.05) is 0 Å². The molecule has 0 spiro atoms.